The zero-order valence-corrected chi connectivity index (χ0v) is 8.54. The lowest BCUT2D eigenvalue weighted by Gasteiger charge is -2.25. The van der Waals surface area contributed by atoms with E-state index in [1.807, 2.05) is 25.1 Å². The van der Waals surface area contributed by atoms with Gasteiger partial charge in [0.15, 0.2) is 0 Å². The van der Waals surface area contributed by atoms with Crippen molar-refractivity contribution in [1.29, 1.82) is 0 Å². The van der Waals surface area contributed by atoms with Crippen LogP contribution in [0.2, 0.25) is 0 Å². The number of hydrogen-bond acceptors (Lipinski definition) is 2. The smallest absolute Gasteiger partial charge is 0.140 e. The van der Waals surface area contributed by atoms with Crippen LogP contribution in [0.15, 0.2) is 18.2 Å². The van der Waals surface area contributed by atoms with Crippen molar-refractivity contribution in [3.8, 4) is 5.75 Å². The van der Waals surface area contributed by atoms with Crippen LogP contribution in [0.1, 0.15) is 29.9 Å². The van der Waals surface area contributed by atoms with Crippen molar-refractivity contribution in [2.24, 2.45) is 0 Å². The SMILES string of the molecule is COc1ccc(C2CCC2=O)c(C)c1. The first-order valence-electron chi connectivity index (χ1n) is 4.89. The molecule has 1 aliphatic rings. The third-order valence-electron chi connectivity index (χ3n) is 2.92. The van der Waals surface area contributed by atoms with Gasteiger partial charge in [-0.3, -0.25) is 4.79 Å². The van der Waals surface area contributed by atoms with Crippen molar-refractivity contribution in [3.05, 3.63) is 29.3 Å². The molecule has 1 atom stereocenters. The summed E-state index contributed by atoms with van der Waals surface area (Å²) < 4.78 is 5.12. The number of aryl methyl sites for hydroxylation is 1. The summed E-state index contributed by atoms with van der Waals surface area (Å²) in [5.74, 6) is 1.39. The van der Waals surface area contributed by atoms with Crippen molar-refractivity contribution in [3.63, 3.8) is 0 Å². The predicted octanol–water partition coefficient (Wildman–Crippen LogP) is 2.45. The fourth-order valence-corrected chi connectivity index (χ4v) is 1.90. The van der Waals surface area contributed by atoms with Gasteiger partial charge in [-0.1, -0.05) is 6.07 Å². The summed E-state index contributed by atoms with van der Waals surface area (Å²) in [6.45, 7) is 2.03. The molecule has 1 fully saturated rings. The lowest BCUT2D eigenvalue weighted by Crippen LogP contribution is -2.23. The molecule has 1 saturated carbocycles. The summed E-state index contributed by atoms with van der Waals surface area (Å²) in [6, 6.07) is 5.92. The molecule has 0 heterocycles. The van der Waals surface area contributed by atoms with Crippen molar-refractivity contribution >= 4 is 5.78 Å². The summed E-state index contributed by atoms with van der Waals surface area (Å²) in [4.78, 5) is 11.3. The minimum atomic E-state index is 0.154. The molecule has 1 aliphatic carbocycles. The molecule has 0 aromatic heterocycles. The number of hydrogen-bond donors (Lipinski definition) is 0. The zero-order chi connectivity index (χ0) is 10.1. The van der Waals surface area contributed by atoms with Gasteiger partial charge in [0.1, 0.15) is 11.5 Å². The maximum atomic E-state index is 11.3. The Morgan fingerprint density at radius 3 is 2.64 bits per heavy atom. The number of carbonyl (C=O) groups excluding carboxylic acids is 1. The van der Waals surface area contributed by atoms with E-state index in [0.29, 0.717) is 5.78 Å². The van der Waals surface area contributed by atoms with Crippen molar-refractivity contribution in [2.75, 3.05) is 7.11 Å². The highest BCUT2D eigenvalue weighted by Gasteiger charge is 2.30. The minimum absolute atomic E-state index is 0.154. The van der Waals surface area contributed by atoms with Crippen LogP contribution in [0.5, 0.6) is 5.75 Å². The lowest BCUT2D eigenvalue weighted by molar-refractivity contribution is -0.125. The van der Waals surface area contributed by atoms with E-state index >= 15 is 0 Å². The standard InChI is InChI=1S/C12H14O2/c1-8-7-9(14-2)3-4-10(8)11-5-6-12(11)13/h3-4,7,11H,5-6H2,1-2H3. The van der Waals surface area contributed by atoms with Crippen LogP contribution in [0.3, 0.4) is 0 Å². The monoisotopic (exact) mass is 190 g/mol. The topological polar surface area (TPSA) is 26.3 Å². The number of methoxy groups -OCH3 is 1. The normalized spacial score (nSPS) is 20.4. The van der Waals surface area contributed by atoms with Gasteiger partial charge >= 0.3 is 0 Å². The van der Waals surface area contributed by atoms with E-state index in [4.69, 9.17) is 4.74 Å². The first kappa shape index (κ1) is 9.25. The second-order valence-corrected chi connectivity index (χ2v) is 3.78. The van der Waals surface area contributed by atoms with Crippen LogP contribution in [-0.2, 0) is 4.79 Å². The average Bonchev–Trinajstić information content (AvgIpc) is 2.18. The quantitative estimate of drug-likeness (QED) is 0.716. The number of Topliss-reactive ketones (excluding diaryl/α,β-unsaturated/α-hetero) is 1. The highest BCUT2D eigenvalue weighted by Crippen LogP contribution is 2.35. The molecule has 2 heteroatoms. The average molecular weight is 190 g/mol. The Hall–Kier alpha value is -1.31. The minimum Gasteiger partial charge on any atom is -0.497 e. The molecule has 0 N–H and O–H groups in total. The molecule has 1 aromatic carbocycles. The largest absolute Gasteiger partial charge is 0.497 e. The summed E-state index contributed by atoms with van der Waals surface area (Å²) >= 11 is 0. The van der Waals surface area contributed by atoms with Gasteiger partial charge in [-0.2, -0.15) is 0 Å². The van der Waals surface area contributed by atoms with E-state index in [2.05, 4.69) is 0 Å². The molecule has 2 rings (SSSR count). The van der Waals surface area contributed by atoms with Gasteiger partial charge in [0, 0.05) is 12.3 Å². The number of ether oxygens (including phenoxy) is 1. The van der Waals surface area contributed by atoms with E-state index in [0.717, 1.165) is 24.2 Å². The van der Waals surface area contributed by atoms with Crippen LogP contribution < -0.4 is 4.74 Å². The second kappa shape index (κ2) is 3.45. The first-order valence-corrected chi connectivity index (χ1v) is 4.89. The summed E-state index contributed by atoms with van der Waals surface area (Å²) in [5, 5.41) is 0. The van der Waals surface area contributed by atoms with Gasteiger partial charge in [-0.25, -0.2) is 0 Å². The Morgan fingerprint density at radius 1 is 1.43 bits per heavy atom. The molecular weight excluding hydrogens is 176 g/mol. The van der Waals surface area contributed by atoms with Gasteiger partial charge < -0.3 is 4.74 Å². The maximum absolute atomic E-state index is 11.3. The van der Waals surface area contributed by atoms with E-state index in [-0.39, 0.29) is 5.92 Å². The molecule has 0 radical (unpaired) electrons. The van der Waals surface area contributed by atoms with Gasteiger partial charge in [-0.05, 0) is 36.6 Å². The molecule has 0 amide bonds. The lowest BCUT2D eigenvalue weighted by atomic mass is 9.77. The third kappa shape index (κ3) is 1.41. The third-order valence-corrected chi connectivity index (χ3v) is 2.92. The van der Waals surface area contributed by atoms with Gasteiger partial charge in [0.2, 0.25) is 0 Å². The number of ketones is 1. The molecule has 0 aliphatic heterocycles. The molecule has 74 valence electrons. The Morgan fingerprint density at radius 2 is 2.21 bits per heavy atom. The second-order valence-electron chi connectivity index (χ2n) is 3.78. The van der Waals surface area contributed by atoms with Crippen LogP contribution >= 0.6 is 0 Å². The number of carbonyl (C=O) groups is 1. The molecule has 0 saturated heterocycles. The fourth-order valence-electron chi connectivity index (χ4n) is 1.90. The van der Waals surface area contributed by atoms with Crippen molar-refractivity contribution < 1.29 is 9.53 Å². The maximum Gasteiger partial charge on any atom is 0.140 e. The predicted molar refractivity (Wildman–Crippen MR) is 54.7 cm³/mol. The zero-order valence-electron chi connectivity index (χ0n) is 8.54. The Bertz CT molecular complexity index is 369. The van der Waals surface area contributed by atoms with Crippen molar-refractivity contribution in [1.82, 2.24) is 0 Å². The van der Waals surface area contributed by atoms with E-state index in [9.17, 15) is 4.79 Å². The molecule has 1 aromatic rings. The Balaban J connectivity index is 2.30. The molecule has 0 spiro atoms. The van der Waals surface area contributed by atoms with E-state index < -0.39 is 0 Å². The van der Waals surface area contributed by atoms with Crippen LogP contribution in [-0.4, -0.2) is 12.9 Å². The highest BCUT2D eigenvalue weighted by atomic mass is 16.5. The molecule has 14 heavy (non-hydrogen) atoms. The van der Waals surface area contributed by atoms with E-state index in [1.165, 1.54) is 5.56 Å². The van der Waals surface area contributed by atoms with Crippen molar-refractivity contribution in [2.45, 2.75) is 25.7 Å². The number of benzene rings is 1. The number of rotatable bonds is 2. The highest BCUT2D eigenvalue weighted by molar-refractivity contribution is 5.91. The summed E-state index contributed by atoms with van der Waals surface area (Å²) in [7, 11) is 1.66. The molecule has 2 nitrogen and oxygen atoms in total. The summed E-state index contributed by atoms with van der Waals surface area (Å²) in [6.07, 6.45) is 1.75. The summed E-state index contributed by atoms with van der Waals surface area (Å²) in [5.41, 5.74) is 2.32. The Labute approximate surface area is 83.9 Å². The van der Waals surface area contributed by atoms with Crippen LogP contribution in [0, 0.1) is 6.92 Å². The van der Waals surface area contributed by atoms with Gasteiger partial charge in [-0.15, -0.1) is 0 Å². The van der Waals surface area contributed by atoms with E-state index in [1.54, 1.807) is 7.11 Å². The molecular formula is C12H14O2. The van der Waals surface area contributed by atoms with Gasteiger partial charge in [0.05, 0.1) is 7.11 Å². The molecule has 0 bridgehead atoms. The first-order chi connectivity index (χ1) is 6.72. The van der Waals surface area contributed by atoms with Crippen LogP contribution in [0.4, 0.5) is 0 Å². The fraction of sp³-hybridized carbons (Fsp3) is 0.417. The van der Waals surface area contributed by atoms with Gasteiger partial charge in [0.25, 0.3) is 0 Å². The Kier molecular flexibility index (Phi) is 2.28. The van der Waals surface area contributed by atoms with Crippen LogP contribution in [0.25, 0.3) is 0 Å². The molecule has 1 unspecified atom stereocenters.